The highest BCUT2D eigenvalue weighted by Crippen LogP contribution is 2.70. The maximum atomic E-state index is 12.2. The number of hydrogen-bond donors (Lipinski definition) is 0. The van der Waals surface area contributed by atoms with E-state index < -0.39 is 0 Å². The zero-order chi connectivity index (χ0) is 22.6. The normalized spacial score (nSPS) is 45.3. The maximum absolute atomic E-state index is 12.2. The summed E-state index contributed by atoms with van der Waals surface area (Å²) in [5, 5.41) is 0. The quantitative estimate of drug-likeness (QED) is 0.346. The Morgan fingerprint density at radius 3 is 2.66 bits per heavy atom. The number of carbonyl (C=O) groups is 2. The first-order chi connectivity index (χ1) is 15.3. The topological polar surface area (TPSA) is 71.1 Å². The molecule has 1 aliphatic heterocycles. The van der Waals surface area contributed by atoms with Crippen LogP contribution in [-0.2, 0) is 28.5 Å². The minimum absolute atomic E-state index is 0.00252. The molecule has 4 aliphatic carbocycles. The number of fused-ring (bicyclic) bond motifs is 6. The molecule has 0 aromatic heterocycles. The Morgan fingerprint density at radius 2 is 1.91 bits per heavy atom. The van der Waals surface area contributed by atoms with Gasteiger partial charge in [0.15, 0.2) is 5.78 Å². The van der Waals surface area contributed by atoms with E-state index in [0.29, 0.717) is 43.8 Å². The first-order valence-corrected chi connectivity index (χ1v) is 12.5. The highest BCUT2D eigenvalue weighted by atomic mass is 16.7. The predicted molar refractivity (Wildman–Crippen MR) is 118 cm³/mol. The molecule has 0 aromatic carbocycles. The molecule has 6 heteroatoms. The van der Waals surface area contributed by atoms with Crippen molar-refractivity contribution in [2.24, 2.45) is 28.6 Å². The fourth-order valence-corrected chi connectivity index (χ4v) is 8.43. The molecule has 5 rings (SSSR count). The molecule has 3 saturated carbocycles. The van der Waals surface area contributed by atoms with Crippen LogP contribution in [0.3, 0.4) is 0 Å². The van der Waals surface area contributed by atoms with Gasteiger partial charge in [-0.05, 0) is 74.2 Å². The van der Waals surface area contributed by atoms with E-state index in [1.165, 1.54) is 5.57 Å². The summed E-state index contributed by atoms with van der Waals surface area (Å²) in [5.74, 6) is 1.65. The number of rotatable bonds is 6. The molecule has 6 nitrogen and oxygen atoms in total. The van der Waals surface area contributed by atoms with E-state index >= 15 is 0 Å². The minimum atomic E-state index is -0.336. The lowest BCUT2D eigenvalue weighted by molar-refractivity contribution is -0.212. The summed E-state index contributed by atoms with van der Waals surface area (Å²) in [4.78, 5) is 24.4. The van der Waals surface area contributed by atoms with Gasteiger partial charge in [0, 0.05) is 25.4 Å². The Bertz CT molecular complexity index is 806. The smallest absolute Gasteiger partial charge is 0.306 e. The average Bonchev–Trinajstić information content (AvgIpc) is 3.28. The highest BCUT2D eigenvalue weighted by molar-refractivity contribution is 5.91. The summed E-state index contributed by atoms with van der Waals surface area (Å²) in [5.41, 5.74) is 0.918. The molecule has 7 atom stereocenters. The van der Waals surface area contributed by atoms with Crippen molar-refractivity contribution < 1.29 is 28.5 Å². The summed E-state index contributed by atoms with van der Waals surface area (Å²) >= 11 is 0. The van der Waals surface area contributed by atoms with E-state index in [1.807, 2.05) is 6.08 Å². The lowest BCUT2D eigenvalue weighted by atomic mass is 9.45. The number of ether oxygens (including phenoxy) is 4. The van der Waals surface area contributed by atoms with E-state index in [0.717, 1.165) is 44.9 Å². The van der Waals surface area contributed by atoms with Gasteiger partial charge in [-0.15, -0.1) is 0 Å². The molecule has 4 unspecified atom stereocenters. The fourth-order valence-electron chi connectivity index (χ4n) is 8.43. The van der Waals surface area contributed by atoms with E-state index in [-0.39, 0.29) is 41.1 Å². The van der Waals surface area contributed by atoms with Crippen molar-refractivity contribution in [1.29, 1.82) is 0 Å². The Hall–Kier alpha value is -1.24. The summed E-state index contributed by atoms with van der Waals surface area (Å²) in [6.45, 7) is 6.03. The van der Waals surface area contributed by atoms with Gasteiger partial charge in [0.05, 0.1) is 19.3 Å². The van der Waals surface area contributed by atoms with Crippen molar-refractivity contribution in [3.63, 3.8) is 0 Å². The van der Waals surface area contributed by atoms with Crippen LogP contribution in [-0.4, -0.2) is 50.6 Å². The lowest BCUT2D eigenvalue weighted by Crippen LogP contribution is -2.60. The summed E-state index contributed by atoms with van der Waals surface area (Å²) in [7, 11) is 1.67. The van der Waals surface area contributed by atoms with Gasteiger partial charge >= 0.3 is 5.97 Å². The van der Waals surface area contributed by atoms with Crippen LogP contribution in [0.15, 0.2) is 11.6 Å². The molecular weight excluding hydrogens is 408 g/mol. The molecule has 0 N–H and O–H groups in total. The maximum Gasteiger partial charge on any atom is 0.306 e. The van der Waals surface area contributed by atoms with Gasteiger partial charge in [0.1, 0.15) is 12.4 Å². The summed E-state index contributed by atoms with van der Waals surface area (Å²) < 4.78 is 23.4. The Morgan fingerprint density at radius 1 is 1.06 bits per heavy atom. The van der Waals surface area contributed by atoms with Crippen molar-refractivity contribution in [2.75, 3.05) is 27.1 Å². The second-order valence-electron chi connectivity index (χ2n) is 11.2. The molecule has 0 bridgehead atoms. The van der Waals surface area contributed by atoms with E-state index in [4.69, 9.17) is 18.9 Å². The zero-order valence-electron chi connectivity index (χ0n) is 19.8. The Labute approximate surface area is 191 Å². The zero-order valence-corrected chi connectivity index (χ0v) is 19.8. The lowest BCUT2D eigenvalue weighted by Gasteiger charge is -2.61. The standard InChI is InChI=1S/C26H38O6/c1-24-9-6-18(27)14-17(24)4-5-19-20-7-10-26(11-8-22(28)32-26)25(20,2)15-21(23(19)24)31-16-30-13-12-29-3/h14,19-21,23H,4-13,15-16H2,1-3H3/t19?,20?,21?,23?,24-,25-,26+/m0/s1. The van der Waals surface area contributed by atoms with Gasteiger partial charge in [-0.1, -0.05) is 19.4 Å². The van der Waals surface area contributed by atoms with Crippen molar-refractivity contribution in [3.05, 3.63) is 11.6 Å². The monoisotopic (exact) mass is 446 g/mol. The van der Waals surface area contributed by atoms with Crippen molar-refractivity contribution in [3.8, 4) is 0 Å². The first kappa shape index (κ1) is 22.5. The second kappa shape index (κ2) is 8.21. The number of carbonyl (C=O) groups excluding carboxylic acids is 2. The third kappa shape index (κ3) is 3.32. The van der Waals surface area contributed by atoms with Crippen LogP contribution in [0.5, 0.6) is 0 Å². The van der Waals surface area contributed by atoms with Gasteiger partial charge < -0.3 is 18.9 Å². The molecule has 0 radical (unpaired) electrons. The summed E-state index contributed by atoms with van der Waals surface area (Å²) in [6.07, 6.45) is 9.95. The number of ketones is 1. The van der Waals surface area contributed by atoms with Gasteiger partial charge in [0.25, 0.3) is 0 Å². The number of allylic oxidation sites excluding steroid dienone is 1. The van der Waals surface area contributed by atoms with Crippen LogP contribution in [0, 0.1) is 28.6 Å². The second-order valence-corrected chi connectivity index (χ2v) is 11.2. The van der Waals surface area contributed by atoms with E-state index in [9.17, 15) is 9.59 Å². The van der Waals surface area contributed by atoms with Crippen molar-refractivity contribution in [1.82, 2.24) is 0 Å². The predicted octanol–water partition coefficient (Wildman–Crippen LogP) is 4.21. The molecule has 178 valence electrons. The van der Waals surface area contributed by atoms with Gasteiger partial charge in [-0.3, -0.25) is 9.59 Å². The van der Waals surface area contributed by atoms with Crippen LogP contribution >= 0.6 is 0 Å². The molecule has 5 aliphatic rings. The van der Waals surface area contributed by atoms with Crippen LogP contribution < -0.4 is 0 Å². The first-order valence-electron chi connectivity index (χ1n) is 12.5. The summed E-state index contributed by atoms with van der Waals surface area (Å²) in [6, 6.07) is 0. The van der Waals surface area contributed by atoms with E-state index in [1.54, 1.807) is 7.11 Å². The van der Waals surface area contributed by atoms with Gasteiger partial charge in [0.2, 0.25) is 0 Å². The van der Waals surface area contributed by atoms with Gasteiger partial charge in [-0.2, -0.15) is 0 Å². The van der Waals surface area contributed by atoms with Gasteiger partial charge in [-0.25, -0.2) is 0 Å². The average molecular weight is 447 g/mol. The molecule has 1 saturated heterocycles. The Balaban J connectivity index is 1.47. The number of esters is 1. The third-order valence-electron chi connectivity index (χ3n) is 10.0. The SMILES string of the molecule is COCCOCOC1C[C@@]2(C)C(CC[C@@]23CCC(=O)O3)C2CCC3=CC(=O)CC[C@]3(C)C12. The van der Waals surface area contributed by atoms with Crippen molar-refractivity contribution in [2.45, 2.75) is 83.3 Å². The van der Waals surface area contributed by atoms with Crippen LogP contribution in [0.25, 0.3) is 0 Å². The minimum Gasteiger partial charge on any atom is -0.458 e. The molecule has 0 amide bonds. The van der Waals surface area contributed by atoms with Crippen LogP contribution in [0.1, 0.15) is 71.6 Å². The number of hydrogen-bond acceptors (Lipinski definition) is 6. The highest BCUT2D eigenvalue weighted by Gasteiger charge is 2.69. The molecule has 4 fully saturated rings. The molecule has 0 aromatic rings. The fraction of sp³-hybridized carbons (Fsp3) is 0.846. The Kier molecular flexibility index (Phi) is 5.78. The molecular formula is C26H38O6. The van der Waals surface area contributed by atoms with E-state index in [2.05, 4.69) is 13.8 Å². The third-order valence-corrected chi connectivity index (χ3v) is 10.0. The largest absolute Gasteiger partial charge is 0.458 e. The molecule has 1 heterocycles. The van der Waals surface area contributed by atoms with Crippen LogP contribution in [0.4, 0.5) is 0 Å². The number of methoxy groups -OCH3 is 1. The molecule has 32 heavy (non-hydrogen) atoms. The van der Waals surface area contributed by atoms with Crippen molar-refractivity contribution >= 4 is 11.8 Å². The van der Waals surface area contributed by atoms with Crippen LogP contribution in [0.2, 0.25) is 0 Å². The molecule has 1 spiro atoms.